The lowest BCUT2D eigenvalue weighted by Gasteiger charge is -2.32. The van der Waals surface area contributed by atoms with E-state index >= 15 is 0 Å². The van der Waals surface area contributed by atoms with Gasteiger partial charge in [-0.25, -0.2) is 4.98 Å². The van der Waals surface area contributed by atoms with Gasteiger partial charge >= 0.3 is 0 Å². The minimum atomic E-state index is -0.0397. The largest absolute Gasteiger partial charge is 0.305 e. The molecule has 1 aromatic carbocycles. The molecule has 1 aromatic heterocycles. The standard InChI is InChI=1S/C21H30Cl2N4O/c1-5-7-19(26-9-8-25(4)12-14(3)13-26)20-24-18-11-17(23)16(22)10-15(18)21(28)27(20)6-2/h10-11,14,19H,5-9,12-13H2,1-4H3/t14-,19?/m0/s1. The smallest absolute Gasteiger partial charge is 0.261 e. The summed E-state index contributed by atoms with van der Waals surface area (Å²) in [7, 11) is 2.18. The molecule has 1 aliphatic rings. The normalized spacial score (nSPS) is 20.4. The Morgan fingerprint density at radius 1 is 1.18 bits per heavy atom. The second-order valence-electron chi connectivity index (χ2n) is 7.97. The second-order valence-corrected chi connectivity index (χ2v) is 8.78. The third-order valence-corrected chi connectivity index (χ3v) is 6.30. The molecule has 1 unspecified atom stereocenters. The molecule has 0 saturated carbocycles. The molecule has 1 saturated heterocycles. The topological polar surface area (TPSA) is 41.4 Å². The van der Waals surface area contributed by atoms with Gasteiger partial charge in [0.05, 0.1) is 27.0 Å². The molecule has 0 radical (unpaired) electrons. The van der Waals surface area contributed by atoms with Crippen LogP contribution >= 0.6 is 23.2 Å². The Morgan fingerprint density at radius 3 is 2.57 bits per heavy atom. The lowest BCUT2D eigenvalue weighted by Crippen LogP contribution is -2.38. The van der Waals surface area contributed by atoms with Gasteiger partial charge in [-0.15, -0.1) is 0 Å². The molecule has 0 spiro atoms. The Balaban J connectivity index is 2.14. The van der Waals surface area contributed by atoms with Gasteiger partial charge in [0.1, 0.15) is 5.82 Å². The van der Waals surface area contributed by atoms with Crippen LogP contribution in [0.15, 0.2) is 16.9 Å². The number of hydrogen-bond donors (Lipinski definition) is 0. The first-order valence-corrected chi connectivity index (χ1v) is 10.9. The Morgan fingerprint density at radius 2 is 1.89 bits per heavy atom. The molecule has 2 atom stereocenters. The summed E-state index contributed by atoms with van der Waals surface area (Å²) in [6.45, 7) is 11.2. The third-order valence-electron chi connectivity index (χ3n) is 5.58. The van der Waals surface area contributed by atoms with E-state index in [0.29, 0.717) is 33.4 Å². The van der Waals surface area contributed by atoms with Crippen LogP contribution < -0.4 is 5.56 Å². The summed E-state index contributed by atoms with van der Waals surface area (Å²) in [6, 6.07) is 3.47. The molecule has 28 heavy (non-hydrogen) atoms. The van der Waals surface area contributed by atoms with E-state index < -0.39 is 0 Å². The molecule has 1 aliphatic heterocycles. The molecule has 5 nitrogen and oxygen atoms in total. The Kier molecular flexibility index (Phi) is 7.02. The molecule has 0 N–H and O–H groups in total. The van der Waals surface area contributed by atoms with Gasteiger partial charge in [0.2, 0.25) is 0 Å². The first-order valence-electron chi connectivity index (χ1n) is 10.2. The van der Waals surface area contributed by atoms with E-state index in [4.69, 9.17) is 28.2 Å². The molecule has 7 heteroatoms. The van der Waals surface area contributed by atoms with Gasteiger partial charge in [0.25, 0.3) is 5.56 Å². The number of fused-ring (bicyclic) bond motifs is 1. The van der Waals surface area contributed by atoms with Crippen molar-refractivity contribution in [2.75, 3.05) is 33.2 Å². The van der Waals surface area contributed by atoms with Crippen LogP contribution in [-0.2, 0) is 6.54 Å². The highest BCUT2D eigenvalue weighted by Gasteiger charge is 2.28. The minimum Gasteiger partial charge on any atom is -0.305 e. The van der Waals surface area contributed by atoms with E-state index in [2.05, 4.69) is 30.7 Å². The van der Waals surface area contributed by atoms with Crippen LogP contribution in [0.25, 0.3) is 10.9 Å². The van der Waals surface area contributed by atoms with Gasteiger partial charge < -0.3 is 4.90 Å². The average molecular weight is 425 g/mol. The van der Waals surface area contributed by atoms with Crippen LogP contribution in [-0.4, -0.2) is 52.6 Å². The predicted molar refractivity (Wildman–Crippen MR) is 118 cm³/mol. The SMILES string of the molecule is CCCC(c1nc2cc(Cl)c(Cl)cc2c(=O)n1CC)N1CCN(C)C[C@H](C)C1. The first-order chi connectivity index (χ1) is 13.3. The fourth-order valence-electron chi connectivity index (χ4n) is 4.30. The third kappa shape index (κ3) is 4.38. The van der Waals surface area contributed by atoms with Crippen molar-refractivity contribution in [2.45, 2.75) is 46.2 Å². The van der Waals surface area contributed by atoms with Crippen LogP contribution in [0.3, 0.4) is 0 Å². The van der Waals surface area contributed by atoms with E-state index in [0.717, 1.165) is 44.8 Å². The summed E-state index contributed by atoms with van der Waals surface area (Å²) in [5, 5.41) is 1.34. The maximum Gasteiger partial charge on any atom is 0.261 e. The van der Waals surface area contributed by atoms with E-state index in [1.165, 1.54) is 0 Å². The highest BCUT2D eigenvalue weighted by molar-refractivity contribution is 6.42. The van der Waals surface area contributed by atoms with Gasteiger partial charge in [0, 0.05) is 32.7 Å². The minimum absolute atomic E-state index is 0.0397. The number of likely N-dealkylation sites (N-methyl/N-ethyl adjacent to an activating group) is 1. The summed E-state index contributed by atoms with van der Waals surface area (Å²) in [6.07, 6.45) is 2.00. The van der Waals surface area contributed by atoms with Gasteiger partial charge in [-0.2, -0.15) is 0 Å². The van der Waals surface area contributed by atoms with Gasteiger partial charge in [0.15, 0.2) is 0 Å². The van der Waals surface area contributed by atoms with E-state index in [-0.39, 0.29) is 11.6 Å². The van der Waals surface area contributed by atoms with Crippen molar-refractivity contribution in [3.05, 3.63) is 38.4 Å². The highest BCUT2D eigenvalue weighted by atomic mass is 35.5. The molecular formula is C21H30Cl2N4O. The Hall–Kier alpha value is -1.14. The summed E-state index contributed by atoms with van der Waals surface area (Å²) >= 11 is 12.4. The van der Waals surface area contributed by atoms with Crippen LogP contribution in [0.2, 0.25) is 10.0 Å². The van der Waals surface area contributed by atoms with Crippen molar-refractivity contribution in [1.29, 1.82) is 0 Å². The van der Waals surface area contributed by atoms with Gasteiger partial charge in [-0.1, -0.05) is 43.5 Å². The number of benzene rings is 1. The van der Waals surface area contributed by atoms with E-state index in [1.807, 2.05) is 11.5 Å². The summed E-state index contributed by atoms with van der Waals surface area (Å²) in [5.41, 5.74) is 0.586. The zero-order chi connectivity index (χ0) is 20.4. The van der Waals surface area contributed by atoms with E-state index in [1.54, 1.807) is 12.1 Å². The molecule has 0 aliphatic carbocycles. The summed E-state index contributed by atoms with van der Waals surface area (Å²) in [4.78, 5) is 23.1. The maximum absolute atomic E-state index is 13.2. The van der Waals surface area contributed by atoms with E-state index in [9.17, 15) is 4.79 Å². The Labute approximate surface area is 177 Å². The molecule has 154 valence electrons. The Bertz CT molecular complexity index is 898. The van der Waals surface area contributed by atoms with Crippen LogP contribution in [0.5, 0.6) is 0 Å². The van der Waals surface area contributed by atoms with Crippen molar-refractivity contribution < 1.29 is 0 Å². The van der Waals surface area contributed by atoms with Crippen molar-refractivity contribution >= 4 is 34.1 Å². The lowest BCUT2D eigenvalue weighted by molar-refractivity contribution is 0.167. The molecule has 0 bridgehead atoms. The molecular weight excluding hydrogens is 395 g/mol. The molecule has 1 fully saturated rings. The van der Waals surface area contributed by atoms with Crippen LogP contribution in [0, 0.1) is 5.92 Å². The van der Waals surface area contributed by atoms with Crippen molar-refractivity contribution in [3.63, 3.8) is 0 Å². The summed E-state index contributed by atoms with van der Waals surface area (Å²) in [5.74, 6) is 1.42. The van der Waals surface area contributed by atoms with Crippen molar-refractivity contribution in [2.24, 2.45) is 5.92 Å². The van der Waals surface area contributed by atoms with Gasteiger partial charge in [-0.3, -0.25) is 14.3 Å². The second kappa shape index (κ2) is 9.12. The molecule has 3 rings (SSSR count). The van der Waals surface area contributed by atoms with Gasteiger partial charge in [-0.05, 0) is 38.4 Å². The maximum atomic E-state index is 13.2. The monoisotopic (exact) mass is 424 g/mol. The molecule has 2 aromatic rings. The van der Waals surface area contributed by atoms with Crippen LogP contribution in [0.4, 0.5) is 0 Å². The number of nitrogens with zero attached hydrogens (tertiary/aromatic N) is 4. The molecule has 2 heterocycles. The number of rotatable bonds is 5. The molecule has 0 amide bonds. The lowest BCUT2D eigenvalue weighted by atomic mass is 10.1. The quantitative estimate of drug-likeness (QED) is 0.710. The number of halogens is 2. The predicted octanol–water partition coefficient (Wildman–Crippen LogP) is 4.45. The number of aromatic nitrogens is 2. The van der Waals surface area contributed by atoms with Crippen molar-refractivity contribution in [1.82, 2.24) is 19.4 Å². The number of hydrogen-bond acceptors (Lipinski definition) is 4. The fourth-order valence-corrected chi connectivity index (χ4v) is 4.62. The zero-order valence-electron chi connectivity index (χ0n) is 17.2. The first kappa shape index (κ1) is 21.6. The average Bonchev–Trinajstić information content (AvgIpc) is 2.81. The summed E-state index contributed by atoms with van der Waals surface area (Å²) < 4.78 is 1.81. The van der Waals surface area contributed by atoms with Crippen molar-refractivity contribution in [3.8, 4) is 0 Å². The van der Waals surface area contributed by atoms with Crippen LogP contribution in [0.1, 0.15) is 45.5 Å². The highest BCUT2D eigenvalue weighted by Crippen LogP contribution is 2.30. The zero-order valence-corrected chi connectivity index (χ0v) is 18.7. The fraction of sp³-hybridized carbons (Fsp3) is 0.619.